The summed E-state index contributed by atoms with van der Waals surface area (Å²) in [6, 6.07) is 7.88. The SMILES string of the molecule is O=S1(=O)CCCC(Nc2cccc3cc(Br)cnc23)C1. The molecule has 0 aliphatic carbocycles. The fraction of sp³-hybridized carbons (Fsp3) is 0.357. The van der Waals surface area contributed by atoms with Crippen LogP contribution >= 0.6 is 15.9 Å². The van der Waals surface area contributed by atoms with Crippen molar-refractivity contribution in [1.82, 2.24) is 4.98 Å². The second kappa shape index (κ2) is 5.33. The molecule has 1 N–H and O–H groups in total. The van der Waals surface area contributed by atoms with Gasteiger partial charge in [0.15, 0.2) is 9.84 Å². The number of hydrogen-bond acceptors (Lipinski definition) is 4. The molecular formula is C14H15BrN2O2S. The van der Waals surface area contributed by atoms with E-state index < -0.39 is 9.84 Å². The molecule has 2 heterocycles. The van der Waals surface area contributed by atoms with Gasteiger partial charge >= 0.3 is 0 Å². The van der Waals surface area contributed by atoms with Crippen molar-refractivity contribution < 1.29 is 8.42 Å². The Bertz CT molecular complexity index is 746. The molecule has 1 aliphatic rings. The third kappa shape index (κ3) is 2.96. The Morgan fingerprint density at radius 3 is 3.00 bits per heavy atom. The van der Waals surface area contributed by atoms with Gasteiger partial charge in [-0.05, 0) is 40.9 Å². The van der Waals surface area contributed by atoms with E-state index in [9.17, 15) is 8.42 Å². The van der Waals surface area contributed by atoms with Crippen molar-refractivity contribution in [2.45, 2.75) is 18.9 Å². The highest BCUT2D eigenvalue weighted by molar-refractivity contribution is 9.10. The van der Waals surface area contributed by atoms with Crippen molar-refractivity contribution in [2.24, 2.45) is 0 Å². The van der Waals surface area contributed by atoms with E-state index in [2.05, 4.69) is 26.2 Å². The zero-order valence-electron chi connectivity index (χ0n) is 10.8. The van der Waals surface area contributed by atoms with Gasteiger partial charge in [-0.1, -0.05) is 12.1 Å². The van der Waals surface area contributed by atoms with E-state index in [4.69, 9.17) is 0 Å². The predicted octanol–water partition coefficient (Wildman–Crippen LogP) is 2.99. The van der Waals surface area contributed by atoms with Gasteiger partial charge in [-0.2, -0.15) is 0 Å². The molecule has 4 nitrogen and oxygen atoms in total. The van der Waals surface area contributed by atoms with Crippen LogP contribution in [0.2, 0.25) is 0 Å². The van der Waals surface area contributed by atoms with Gasteiger partial charge in [0, 0.05) is 22.1 Å². The van der Waals surface area contributed by atoms with Crippen LogP contribution in [-0.4, -0.2) is 30.9 Å². The van der Waals surface area contributed by atoms with E-state index in [1.165, 1.54) is 0 Å². The molecule has 1 aromatic heterocycles. The van der Waals surface area contributed by atoms with E-state index in [1.807, 2.05) is 24.3 Å². The van der Waals surface area contributed by atoms with Gasteiger partial charge in [0.2, 0.25) is 0 Å². The van der Waals surface area contributed by atoms with Crippen LogP contribution in [0.4, 0.5) is 5.69 Å². The molecule has 1 unspecified atom stereocenters. The summed E-state index contributed by atoms with van der Waals surface area (Å²) in [4.78, 5) is 4.42. The molecule has 1 atom stereocenters. The first-order chi connectivity index (χ1) is 9.53. The number of anilines is 1. The predicted molar refractivity (Wildman–Crippen MR) is 84.7 cm³/mol. The number of benzene rings is 1. The van der Waals surface area contributed by atoms with E-state index in [-0.39, 0.29) is 11.8 Å². The number of aromatic nitrogens is 1. The molecule has 0 amide bonds. The molecule has 0 saturated carbocycles. The second-order valence-electron chi connectivity index (χ2n) is 5.13. The molecule has 1 fully saturated rings. The lowest BCUT2D eigenvalue weighted by molar-refractivity contribution is 0.562. The average Bonchev–Trinajstić information content (AvgIpc) is 2.37. The maximum absolute atomic E-state index is 11.7. The number of halogens is 1. The van der Waals surface area contributed by atoms with E-state index in [1.54, 1.807) is 6.20 Å². The molecule has 1 aromatic carbocycles. The van der Waals surface area contributed by atoms with Crippen molar-refractivity contribution >= 4 is 42.4 Å². The minimum atomic E-state index is -2.90. The Balaban J connectivity index is 1.91. The number of sulfone groups is 1. The lowest BCUT2D eigenvalue weighted by Gasteiger charge is -2.24. The number of para-hydroxylation sites is 1. The fourth-order valence-corrected chi connectivity index (χ4v) is 4.59. The van der Waals surface area contributed by atoms with Crippen LogP contribution in [0.3, 0.4) is 0 Å². The molecule has 6 heteroatoms. The average molecular weight is 355 g/mol. The summed E-state index contributed by atoms with van der Waals surface area (Å²) in [7, 11) is -2.90. The monoisotopic (exact) mass is 354 g/mol. The van der Waals surface area contributed by atoms with Gasteiger partial charge in [0.1, 0.15) is 0 Å². The highest BCUT2D eigenvalue weighted by Gasteiger charge is 2.24. The van der Waals surface area contributed by atoms with Crippen molar-refractivity contribution in [1.29, 1.82) is 0 Å². The summed E-state index contributed by atoms with van der Waals surface area (Å²) in [6.45, 7) is 0. The van der Waals surface area contributed by atoms with Crippen LogP contribution < -0.4 is 5.32 Å². The molecule has 106 valence electrons. The highest BCUT2D eigenvalue weighted by atomic mass is 79.9. The van der Waals surface area contributed by atoms with Crippen molar-refractivity contribution in [2.75, 3.05) is 16.8 Å². The number of nitrogens with zero attached hydrogens (tertiary/aromatic N) is 1. The zero-order chi connectivity index (χ0) is 14.2. The molecule has 3 rings (SSSR count). The highest BCUT2D eigenvalue weighted by Crippen LogP contribution is 2.26. The summed E-state index contributed by atoms with van der Waals surface area (Å²) < 4.78 is 24.3. The molecule has 1 saturated heterocycles. The van der Waals surface area contributed by atoms with Gasteiger partial charge in [-0.25, -0.2) is 8.42 Å². The lowest BCUT2D eigenvalue weighted by Crippen LogP contribution is -2.34. The zero-order valence-corrected chi connectivity index (χ0v) is 13.2. The Morgan fingerprint density at radius 2 is 2.20 bits per heavy atom. The van der Waals surface area contributed by atoms with E-state index in [0.717, 1.165) is 33.9 Å². The van der Waals surface area contributed by atoms with E-state index >= 15 is 0 Å². The minimum absolute atomic E-state index is 0.0233. The van der Waals surface area contributed by atoms with Gasteiger partial charge in [-0.3, -0.25) is 4.98 Å². The van der Waals surface area contributed by atoms with Crippen LogP contribution in [0.25, 0.3) is 10.9 Å². The standard InChI is InChI=1S/C14H15BrN2O2S/c15-11-7-10-3-1-5-13(14(10)16-8-11)17-12-4-2-6-20(18,19)9-12/h1,3,5,7-8,12,17H,2,4,6,9H2. The van der Waals surface area contributed by atoms with Crippen LogP contribution in [0.1, 0.15) is 12.8 Å². The van der Waals surface area contributed by atoms with Gasteiger partial charge in [0.25, 0.3) is 0 Å². The van der Waals surface area contributed by atoms with Crippen LogP contribution in [-0.2, 0) is 9.84 Å². The molecule has 1 aliphatic heterocycles. The number of fused-ring (bicyclic) bond motifs is 1. The Morgan fingerprint density at radius 1 is 1.35 bits per heavy atom. The molecule has 0 radical (unpaired) electrons. The summed E-state index contributed by atoms with van der Waals surface area (Å²) in [5, 5.41) is 4.37. The first kappa shape index (κ1) is 13.8. The fourth-order valence-electron chi connectivity index (χ4n) is 2.61. The number of pyridine rings is 1. The summed E-state index contributed by atoms with van der Waals surface area (Å²) in [5.41, 5.74) is 1.77. The van der Waals surface area contributed by atoms with Crippen LogP contribution in [0, 0.1) is 0 Å². The Labute approximate surface area is 126 Å². The maximum Gasteiger partial charge on any atom is 0.152 e. The molecule has 0 spiro atoms. The van der Waals surface area contributed by atoms with Crippen LogP contribution in [0.5, 0.6) is 0 Å². The number of nitrogens with one attached hydrogen (secondary N) is 1. The minimum Gasteiger partial charge on any atom is -0.380 e. The van der Waals surface area contributed by atoms with Gasteiger partial charge in [-0.15, -0.1) is 0 Å². The Hall–Kier alpha value is -1.14. The topological polar surface area (TPSA) is 59.1 Å². The van der Waals surface area contributed by atoms with Crippen molar-refractivity contribution in [3.63, 3.8) is 0 Å². The smallest absolute Gasteiger partial charge is 0.152 e. The maximum atomic E-state index is 11.7. The lowest BCUT2D eigenvalue weighted by atomic mass is 10.1. The normalized spacial score (nSPS) is 21.8. The van der Waals surface area contributed by atoms with Gasteiger partial charge in [0.05, 0.1) is 22.7 Å². The third-order valence-corrected chi connectivity index (χ3v) is 5.75. The first-order valence-corrected chi connectivity index (χ1v) is 9.16. The summed E-state index contributed by atoms with van der Waals surface area (Å²) in [6.07, 6.45) is 3.36. The van der Waals surface area contributed by atoms with Crippen molar-refractivity contribution in [3.8, 4) is 0 Å². The van der Waals surface area contributed by atoms with Crippen molar-refractivity contribution in [3.05, 3.63) is 34.9 Å². The van der Waals surface area contributed by atoms with Crippen LogP contribution in [0.15, 0.2) is 34.9 Å². The molecular weight excluding hydrogens is 340 g/mol. The summed E-state index contributed by atoms with van der Waals surface area (Å²) >= 11 is 3.41. The summed E-state index contributed by atoms with van der Waals surface area (Å²) in [5.74, 6) is 0.520. The van der Waals surface area contributed by atoms with Gasteiger partial charge < -0.3 is 5.32 Å². The number of hydrogen-bond donors (Lipinski definition) is 1. The largest absolute Gasteiger partial charge is 0.380 e. The molecule has 0 bridgehead atoms. The first-order valence-electron chi connectivity index (χ1n) is 6.55. The van der Waals surface area contributed by atoms with E-state index in [0.29, 0.717) is 5.75 Å². The second-order valence-corrected chi connectivity index (χ2v) is 8.27. The molecule has 20 heavy (non-hydrogen) atoms. The third-order valence-electron chi connectivity index (χ3n) is 3.50. The molecule has 2 aromatic rings. The number of rotatable bonds is 2. The Kier molecular flexibility index (Phi) is 3.69. The quantitative estimate of drug-likeness (QED) is 0.900.